The number of carbonyl (C=O) groups is 1. The average Bonchev–Trinajstić information content (AvgIpc) is 2.87. The summed E-state index contributed by atoms with van der Waals surface area (Å²) in [6, 6.07) is 2.56. The van der Waals surface area contributed by atoms with Gasteiger partial charge in [0.1, 0.15) is 11.6 Å². The second kappa shape index (κ2) is 7.67. The van der Waals surface area contributed by atoms with Crippen molar-refractivity contribution in [3.05, 3.63) is 51.4 Å². The van der Waals surface area contributed by atoms with E-state index in [1.165, 1.54) is 17.0 Å². The smallest absolute Gasteiger partial charge is 0.318 e. The van der Waals surface area contributed by atoms with Crippen LogP contribution in [0.5, 0.6) is 5.75 Å². The summed E-state index contributed by atoms with van der Waals surface area (Å²) in [7, 11) is 0. The summed E-state index contributed by atoms with van der Waals surface area (Å²) in [6.45, 7) is 6.30. The Balaban J connectivity index is 2.49. The minimum atomic E-state index is -0.252. The Labute approximate surface area is 155 Å². The van der Waals surface area contributed by atoms with Crippen LogP contribution >= 0.6 is 23.2 Å². The lowest BCUT2D eigenvalue weighted by Crippen LogP contribution is -2.39. The highest BCUT2D eigenvalue weighted by atomic mass is 35.5. The second-order valence-corrected chi connectivity index (χ2v) is 6.27. The third-order valence-electron chi connectivity index (χ3n) is 3.53. The molecule has 0 bridgehead atoms. The van der Waals surface area contributed by atoms with E-state index >= 15 is 0 Å². The van der Waals surface area contributed by atoms with Gasteiger partial charge in [0.15, 0.2) is 0 Å². The number of nitrogens with zero attached hydrogens (tertiary/aromatic N) is 2. The molecule has 134 valence electrons. The highest BCUT2D eigenvalue weighted by Gasteiger charge is 2.30. The number of urea groups is 1. The van der Waals surface area contributed by atoms with Crippen molar-refractivity contribution in [3.63, 3.8) is 0 Å². The summed E-state index contributed by atoms with van der Waals surface area (Å²) >= 11 is 12.1. The van der Waals surface area contributed by atoms with Crippen LogP contribution in [-0.2, 0) is 0 Å². The van der Waals surface area contributed by atoms with E-state index in [1.807, 2.05) is 6.92 Å². The zero-order valence-corrected chi connectivity index (χ0v) is 15.2. The summed E-state index contributed by atoms with van der Waals surface area (Å²) in [6.07, 6.45) is 0. The molecule has 7 nitrogen and oxygen atoms in total. The number of phenolic OH excluding ortho intramolecular Hbond substituents is 1. The standard InChI is InChI=1S/C16H19Cl2N5O2/c1-3-21-16(25)23-6-10(12(20)7-23)15(22-8(2)19)14-11(18)4-9(17)5-13(14)24/h4-5,24H,2-3,6-7,19-20H2,1H3,(H,21,25)/b22-15+. The Morgan fingerprint density at radius 3 is 2.68 bits per heavy atom. The first-order valence-corrected chi connectivity index (χ1v) is 8.22. The Morgan fingerprint density at radius 2 is 2.12 bits per heavy atom. The Hall–Kier alpha value is -2.38. The predicted octanol–water partition coefficient (Wildman–Crippen LogP) is 2.18. The third-order valence-corrected chi connectivity index (χ3v) is 4.04. The SMILES string of the molecule is C=C(N)/N=C(\C1=C(N)CN(C(=O)NCC)C1)c1c(O)cc(Cl)cc1Cl. The summed E-state index contributed by atoms with van der Waals surface area (Å²) in [5, 5.41) is 13.4. The van der Waals surface area contributed by atoms with Crippen LogP contribution in [0.3, 0.4) is 0 Å². The van der Waals surface area contributed by atoms with E-state index in [0.717, 1.165) is 0 Å². The Morgan fingerprint density at radius 1 is 1.44 bits per heavy atom. The number of phenols is 1. The molecule has 1 aliphatic heterocycles. The molecular weight excluding hydrogens is 365 g/mol. The number of nitrogens with one attached hydrogen (secondary N) is 1. The van der Waals surface area contributed by atoms with Crippen molar-refractivity contribution >= 4 is 34.9 Å². The molecule has 1 aliphatic rings. The summed E-state index contributed by atoms with van der Waals surface area (Å²) in [4.78, 5) is 17.8. The van der Waals surface area contributed by atoms with Crippen molar-refractivity contribution in [2.45, 2.75) is 6.92 Å². The van der Waals surface area contributed by atoms with Gasteiger partial charge in [-0.15, -0.1) is 0 Å². The highest BCUT2D eigenvalue weighted by molar-refractivity contribution is 6.38. The monoisotopic (exact) mass is 383 g/mol. The van der Waals surface area contributed by atoms with Crippen LogP contribution in [0.1, 0.15) is 12.5 Å². The minimum absolute atomic E-state index is 0.0113. The molecule has 0 saturated heterocycles. The van der Waals surface area contributed by atoms with Gasteiger partial charge in [-0.3, -0.25) is 0 Å². The van der Waals surface area contributed by atoms with E-state index in [0.29, 0.717) is 17.8 Å². The number of aliphatic imine (C=N–C) groups is 1. The number of halogens is 2. The summed E-state index contributed by atoms with van der Waals surface area (Å²) in [5.41, 5.74) is 13.2. The lowest BCUT2D eigenvalue weighted by Gasteiger charge is -2.17. The highest BCUT2D eigenvalue weighted by Crippen LogP contribution is 2.34. The average molecular weight is 384 g/mol. The maximum atomic E-state index is 12.1. The van der Waals surface area contributed by atoms with Crippen LogP contribution in [0, 0.1) is 0 Å². The molecule has 0 fully saturated rings. The van der Waals surface area contributed by atoms with Crippen LogP contribution in [-0.4, -0.2) is 41.4 Å². The number of amides is 2. The molecule has 2 amide bonds. The molecular formula is C16H19Cl2N5O2. The van der Waals surface area contributed by atoms with Crippen LogP contribution < -0.4 is 16.8 Å². The van der Waals surface area contributed by atoms with Crippen LogP contribution in [0.15, 0.2) is 40.8 Å². The normalized spacial score (nSPS) is 14.8. The van der Waals surface area contributed by atoms with Gasteiger partial charge in [0.2, 0.25) is 0 Å². The van der Waals surface area contributed by atoms with Gasteiger partial charge in [0.25, 0.3) is 0 Å². The van der Waals surface area contributed by atoms with Crippen LogP contribution in [0.2, 0.25) is 10.0 Å². The molecule has 1 heterocycles. The zero-order chi connectivity index (χ0) is 18.7. The molecule has 0 aliphatic carbocycles. The first-order valence-electron chi connectivity index (χ1n) is 7.46. The van der Waals surface area contributed by atoms with Crippen molar-refractivity contribution in [1.29, 1.82) is 0 Å². The van der Waals surface area contributed by atoms with Crippen molar-refractivity contribution in [1.82, 2.24) is 10.2 Å². The summed E-state index contributed by atoms with van der Waals surface area (Å²) in [5.74, 6) is -0.161. The number of rotatable bonds is 4. The fourth-order valence-corrected chi connectivity index (χ4v) is 3.07. The molecule has 9 heteroatoms. The molecule has 25 heavy (non-hydrogen) atoms. The molecule has 6 N–H and O–H groups in total. The van der Waals surface area contributed by atoms with Gasteiger partial charge in [0, 0.05) is 22.8 Å². The van der Waals surface area contributed by atoms with Gasteiger partial charge in [0.05, 0.1) is 29.4 Å². The van der Waals surface area contributed by atoms with Crippen molar-refractivity contribution < 1.29 is 9.90 Å². The number of carbonyl (C=O) groups excluding carboxylic acids is 1. The number of hydrogen-bond acceptors (Lipinski definition) is 5. The molecule has 0 radical (unpaired) electrons. The second-order valence-electron chi connectivity index (χ2n) is 5.43. The number of benzene rings is 1. The fraction of sp³-hybridized carbons (Fsp3) is 0.250. The van der Waals surface area contributed by atoms with Crippen molar-refractivity contribution in [2.24, 2.45) is 16.5 Å². The topological polar surface area (TPSA) is 117 Å². The van der Waals surface area contributed by atoms with E-state index in [9.17, 15) is 9.90 Å². The van der Waals surface area contributed by atoms with Gasteiger partial charge < -0.3 is 26.8 Å². The number of nitrogens with two attached hydrogens (primary N) is 2. The molecule has 1 aromatic rings. The summed E-state index contributed by atoms with van der Waals surface area (Å²) < 4.78 is 0. The Kier molecular flexibility index (Phi) is 5.81. The van der Waals surface area contributed by atoms with E-state index in [2.05, 4.69) is 16.9 Å². The molecule has 0 aromatic heterocycles. The van der Waals surface area contributed by atoms with Gasteiger partial charge in [-0.2, -0.15) is 0 Å². The quantitative estimate of drug-likeness (QED) is 0.595. The number of hydrogen-bond donors (Lipinski definition) is 4. The van der Waals surface area contributed by atoms with Crippen molar-refractivity contribution in [3.8, 4) is 5.75 Å². The van der Waals surface area contributed by atoms with E-state index in [4.69, 9.17) is 34.7 Å². The third kappa shape index (κ3) is 4.18. The predicted molar refractivity (Wildman–Crippen MR) is 99.9 cm³/mol. The van der Waals surface area contributed by atoms with Gasteiger partial charge >= 0.3 is 6.03 Å². The Bertz CT molecular complexity index is 766. The number of aromatic hydroxyl groups is 1. The lowest BCUT2D eigenvalue weighted by molar-refractivity contribution is 0.210. The zero-order valence-electron chi connectivity index (χ0n) is 13.6. The molecule has 0 saturated carbocycles. The van der Waals surface area contributed by atoms with Gasteiger partial charge in [-0.05, 0) is 19.1 Å². The maximum absolute atomic E-state index is 12.1. The van der Waals surface area contributed by atoms with E-state index in [1.54, 1.807) is 0 Å². The largest absolute Gasteiger partial charge is 0.507 e. The first-order chi connectivity index (χ1) is 11.7. The fourth-order valence-electron chi connectivity index (χ4n) is 2.50. The van der Waals surface area contributed by atoms with E-state index in [-0.39, 0.29) is 52.0 Å². The lowest BCUT2D eigenvalue weighted by atomic mass is 10.0. The molecule has 0 atom stereocenters. The molecule has 0 unspecified atom stereocenters. The minimum Gasteiger partial charge on any atom is -0.507 e. The van der Waals surface area contributed by atoms with Gasteiger partial charge in [-0.1, -0.05) is 29.8 Å². The molecule has 1 aromatic carbocycles. The van der Waals surface area contributed by atoms with Crippen LogP contribution in [0.4, 0.5) is 4.79 Å². The molecule has 2 rings (SSSR count). The van der Waals surface area contributed by atoms with E-state index < -0.39 is 0 Å². The maximum Gasteiger partial charge on any atom is 0.318 e. The van der Waals surface area contributed by atoms with Crippen molar-refractivity contribution in [2.75, 3.05) is 19.6 Å². The van der Waals surface area contributed by atoms with Crippen LogP contribution in [0.25, 0.3) is 0 Å². The first kappa shape index (κ1) is 19.0. The molecule has 0 spiro atoms. The van der Waals surface area contributed by atoms with Gasteiger partial charge in [-0.25, -0.2) is 9.79 Å².